The monoisotopic (exact) mass is 816 g/mol. The van der Waals surface area contributed by atoms with Crippen LogP contribution in [0.5, 0.6) is 5.75 Å². The first-order valence-corrected chi connectivity index (χ1v) is 19.1. The van der Waals surface area contributed by atoms with Gasteiger partial charge in [-0.3, -0.25) is 20.8 Å². The van der Waals surface area contributed by atoms with Crippen LogP contribution < -0.4 is 26.0 Å². The van der Waals surface area contributed by atoms with Crippen LogP contribution in [-0.2, 0) is 23.7 Å². The minimum atomic E-state index is -1.36. The van der Waals surface area contributed by atoms with E-state index in [4.69, 9.17) is 33.8 Å². The SMILES string of the molecule is C=Cc1cc(C(=O)Nc2ccc(C(=N)NC(=O)OC[C@H]3NC[C@H](O)[C@@H]3O)cc2)c(-c2ccc(C3OC3NCC3CC3)nc2C(=O)OC(C)OC(=O)OC(C)C)cc1OC. The number of esters is 1. The smallest absolute Gasteiger partial charge is 0.496 e. The Morgan fingerprint density at radius 3 is 2.42 bits per heavy atom. The molecule has 0 radical (unpaired) electrons. The van der Waals surface area contributed by atoms with Crippen molar-refractivity contribution >= 4 is 41.7 Å². The Kier molecular flexibility index (Phi) is 13.6. The van der Waals surface area contributed by atoms with Gasteiger partial charge in [-0.25, -0.2) is 19.4 Å². The molecule has 1 aromatic heterocycles. The van der Waals surface area contributed by atoms with Crippen molar-refractivity contribution < 1.29 is 57.8 Å². The number of amides is 2. The number of rotatable bonds is 16. The number of carbonyl (C=O) groups is 4. The van der Waals surface area contributed by atoms with Gasteiger partial charge in [-0.05, 0) is 81.1 Å². The summed E-state index contributed by atoms with van der Waals surface area (Å²) in [6, 6.07) is 11.9. The van der Waals surface area contributed by atoms with Crippen LogP contribution in [-0.4, -0.2) is 109 Å². The molecular weight excluding hydrogens is 768 g/mol. The van der Waals surface area contributed by atoms with Gasteiger partial charge in [0.1, 0.15) is 30.5 Å². The molecule has 2 amide bonds. The minimum absolute atomic E-state index is 0.108. The predicted molar refractivity (Wildman–Crippen MR) is 212 cm³/mol. The van der Waals surface area contributed by atoms with E-state index in [0.717, 1.165) is 19.4 Å². The molecule has 2 aliphatic heterocycles. The highest BCUT2D eigenvalue weighted by molar-refractivity contribution is 6.11. The van der Waals surface area contributed by atoms with Crippen LogP contribution in [0.4, 0.5) is 15.3 Å². The Labute approximate surface area is 340 Å². The molecule has 314 valence electrons. The second kappa shape index (κ2) is 18.8. The summed E-state index contributed by atoms with van der Waals surface area (Å²) in [5.41, 5.74) is 1.93. The molecule has 7 N–H and O–H groups in total. The number of pyridine rings is 1. The average molecular weight is 817 g/mol. The van der Waals surface area contributed by atoms with E-state index in [1.807, 2.05) is 0 Å². The van der Waals surface area contributed by atoms with Crippen molar-refractivity contribution in [1.29, 1.82) is 5.41 Å². The first kappa shape index (κ1) is 42.7. The zero-order valence-corrected chi connectivity index (χ0v) is 33.0. The molecule has 0 bridgehead atoms. The van der Waals surface area contributed by atoms with E-state index in [1.54, 1.807) is 38.1 Å². The van der Waals surface area contributed by atoms with E-state index in [0.29, 0.717) is 34.2 Å². The molecule has 0 spiro atoms. The number of anilines is 1. The lowest BCUT2D eigenvalue weighted by atomic mass is 9.94. The lowest BCUT2D eigenvalue weighted by Crippen LogP contribution is -2.40. The van der Waals surface area contributed by atoms with Gasteiger partial charge < -0.3 is 49.3 Å². The third-order valence-corrected chi connectivity index (χ3v) is 9.64. The molecule has 1 saturated carbocycles. The normalized spacial score (nSPS) is 21.2. The molecule has 3 fully saturated rings. The summed E-state index contributed by atoms with van der Waals surface area (Å²) in [5, 5.41) is 39.3. The number of epoxide rings is 1. The summed E-state index contributed by atoms with van der Waals surface area (Å²) < 4.78 is 32.2. The average Bonchev–Trinajstić information content (AvgIpc) is 4.14. The third kappa shape index (κ3) is 11.0. The fourth-order valence-electron chi connectivity index (χ4n) is 6.27. The first-order valence-electron chi connectivity index (χ1n) is 19.1. The number of aliphatic hydroxyl groups excluding tert-OH is 2. The number of hydrogen-bond acceptors (Lipinski definition) is 16. The van der Waals surface area contributed by atoms with Gasteiger partial charge in [-0.15, -0.1) is 0 Å². The van der Waals surface area contributed by atoms with Crippen LogP contribution in [0.2, 0.25) is 0 Å². The quantitative estimate of drug-likeness (QED) is 0.0271. The maximum atomic E-state index is 14.1. The number of methoxy groups -OCH3 is 1. The fraction of sp³-hybridized carbons (Fsp3) is 0.415. The zero-order chi connectivity index (χ0) is 42.4. The molecule has 2 saturated heterocycles. The lowest BCUT2D eigenvalue weighted by molar-refractivity contribution is -0.0868. The number of amidine groups is 1. The predicted octanol–water partition coefficient (Wildman–Crippen LogP) is 3.86. The highest BCUT2D eigenvalue weighted by atomic mass is 16.8. The van der Waals surface area contributed by atoms with Gasteiger partial charge in [0.2, 0.25) is 6.29 Å². The maximum Gasteiger partial charge on any atom is 0.511 e. The molecule has 2 aromatic carbocycles. The van der Waals surface area contributed by atoms with Crippen LogP contribution in [0, 0.1) is 11.3 Å². The molecule has 1 aliphatic carbocycles. The van der Waals surface area contributed by atoms with E-state index < -0.39 is 60.9 Å². The Balaban J connectivity index is 1.23. The van der Waals surface area contributed by atoms with Crippen LogP contribution in [0.1, 0.15) is 77.4 Å². The summed E-state index contributed by atoms with van der Waals surface area (Å²) in [6.45, 7) is 9.24. The van der Waals surface area contributed by atoms with Gasteiger partial charge in [0.25, 0.3) is 5.91 Å². The Morgan fingerprint density at radius 2 is 1.78 bits per heavy atom. The van der Waals surface area contributed by atoms with Gasteiger partial charge in [0, 0.05) is 53.5 Å². The van der Waals surface area contributed by atoms with E-state index in [2.05, 4.69) is 32.8 Å². The number of nitrogens with zero attached hydrogens (tertiary/aromatic N) is 1. The van der Waals surface area contributed by atoms with Gasteiger partial charge >= 0.3 is 18.2 Å². The molecular formula is C41H48N6O12. The van der Waals surface area contributed by atoms with Crippen molar-refractivity contribution in [3.05, 3.63) is 83.2 Å². The molecule has 3 aromatic rings. The molecule has 6 rings (SSSR count). The van der Waals surface area contributed by atoms with Crippen molar-refractivity contribution in [3.8, 4) is 16.9 Å². The van der Waals surface area contributed by atoms with Crippen LogP contribution in [0.15, 0.2) is 55.1 Å². The molecule has 6 atom stereocenters. The second-order valence-electron chi connectivity index (χ2n) is 14.5. The van der Waals surface area contributed by atoms with E-state index in [1.165, 1.54) is 44.4 Å². The fourth-order valence-corrected chi connectivity index (χ4v) is 6.27. The Bertz CT molecular complexity index is 2070. The summed E-state index contributed by atoms with van der Waals surface area (Å²) in [7, 11) is 1.45. The topological polar surface area (TPSA) is 252 Å². The van der Waals surface area contributed by atoms with Crippen LogP contribution in [0.3, 0.4) is 0 Å². The zero-order valence-electron chi connectivity index (χ0n) is 33.0. The second-order valence-corrected chi connectivity index (χ2v) is 14.5. The summed E-state index contributed by atoms with van der Waals surface area (Å²) in [5.74, 6) is -0.861. The van der Waals surface area contributed by atoms with E-state index >= 15 is 0 Å². The van der Waals surface area contributed by atoms with Crippen molar-refractivity contribution in [2.75, 3.05) is 32.1 Å². The Hall–Kier alpha value is -5.92. The summed E-state index contributed by atoms with van der Waals surface area (Å²) in [4.78, 5) is 57.1. The third-order valence-electron chi connectivity index (χ3n) is 9.64. The lowest BCUT2D eigenvalue weighted by Gasteiger charge is -2.18. The number of ether oxygens (including phenoxy) is 6. The van der Waals surface area contributed by atoms with E-state index in [-0.39, 0.29) is 47.6 Å². The minimum Gasteiger partial charge on any atom is -0.496 e. The molecule has 3 heterocycles. The first-order chi connectivity index (χ1) is 28.2. The number of aromatic nitrogens is 1. The molecule has 3 unspecified atom stereocenters. The highest BCUT2D eigenvalue weighted by Gasteiger charge is 2.43. The number of alkyl carbamates (subject to hydrolysis) is 1. The van der Waals surface area contributed by atoms with Crippen LogP contribution >= 0.6 is 0 Å². The number of β-amino-alcohol motifs (C(OH)–C–C–N with tert-alkyl or cyclic N) is 1. The standard InChI is InChI=1S/C41H48N6O12/c1-6-23-15-28(37(50)45-25-11-9-24(10-12-25)36(42)47-40(52)55-19-30-34(49)31(48)18-43-30)27(16-32(23)54-5)26-13-14-29(35-38(59-35)44-17-22-7-8-22)46-33(26)39(51)57-21(4)58-41(53)56-20(2)3/h6,9-16,20-22,30-31,34-35,38,43-44,48-49H,1,7-8,17-19H2,2-5H3,(H,45,50)(H2,42,47,52)/t21?,30-,31+,34-,35?,38?/m1/s1. The van der Waals surface area contributed by atoms with Gasteiger partial charge in [-0.2, -0.15) is 0 Å². The molecule has 3 aliphatic rings. The summed E-state index contributed by atoms with van der Waals surface area (Å²) >= 11 is 0. The number of nitrogens with one attached hydrogen (secondary N) is 5. The number of benzene rings is 2. The highest BCUT2D eigenvalue weighted by Crippen LogP contribution is 2.40. The largest absolute Gasteiger partial charge is 0.511 e. The number of carbonyl (C=O) groups excluding carboxylic acids is 4. The van der Waals surface area contributed by atoms with Gasteiger partial charge in [0.05, 0.1) is 37.2 Å². The maximum absolute atomic E-state index is 14.1. The molecule has 59 heavy (non-hydrogen) atoms. The van der Waals surface area contributed by atoms with Crippen molar-refractivity contribution in [3.63, 3.8) is 0 Å². The van der Waals surface area contributed by atoms with Crippen LogP contribution in [0.25, 0.3) is 17.2 Å². The van der Waals surface area contributed by atoms with Crippen molar-refractivity contribution in [1.82, 2.24) is 20.9 Å². The summed E-state index contributed by atoms with van der Waals surface area (Å²) in [6.07, 6.45) is -2.73. The van der Waals surface area contributed by atoms with Crippen molar-refractivity contribution in [2.45, 2.75) is 76.6 Å². The number of aliphatic hydroxyl groups is 2. The Morgan fingerprint density at radius 1 is 1.03 bits per heavy atom. The van der Waals surface area contributed by atoms with Gasteiger partial charge in [-0.1, -0.05) is 12.7 Å². The molecule has 18 nitrogen and oxygen atoms in total. The van der Waals surface area contributed by atoms with E-state index in [9.17, 15) is 29.4 Å². The van der Waals surface area contributed by atoms with Crippen molar-refractivity contribution in [2.24, 2.45) is 5.92 Å². The van der Waals surface area contributed by atoms with Gasteiger partial charge in [0.15, 0.2) is 5.69 Å². The molecule has 18 heteroatoms. The number of hydrogen-bond donors (Lipinski definition) is 7.